The molecule has 2 rings (SSSR count). The van der Waals surface area contributed by atoms with Gasteiger partial charge in [-0.25, -0.2) is 0 Å². The number of amidine groups is 1. The first-order valence-corrected chi connectivity index (χ1v) is 6.67. The van der Waals surface area contributed by atoms with Crippen LogP contribution in [-0.2, 0) is 0 Å². The Balaban J connectivity index is 2.11. The van der Waals surface area contributed by atoms with E-state index in [1.54, 1.807) is 11.8 Å². The molecular formula is C11H13BrN2S. The molecule has 1 N–H and O–H groups in total. The van der Waals surface area contributed by atoms with E-state index in [4.69, 9.17) is 0 Å². The number of aliphatic imine (C=N–C) groups is 1. The Morgan fingerprint density at radius 1 is 1.53 bits per heavy atom. The topological polar surface area (TPSA) is 24.4 Å². The molecule has 0 bridgehead atoms. The summed E-state index contributed by atoms with van der Waals surface area (Å²) in [5.41, 5.74) is 2.34. The van der Waals surface area contributed by atoms with Crippen molar-refractivity contribution in [2.45, 2.75) is 19.9 Å². The highest BCUT2D eigenvalue weighted by atomic mass is 79.9. The molecule has 1 unspecified atom stereocenters. The summed E-state index contributed by atoms with van der Waals surface area (Å²) in [6.07, 6.45) is 0. The van der Waals surface area contributed by atoms with E-state index in [0.717, 1.165) is 21.1 Å². The minimum Gasteiger partial charge on any atom is -0.335 e. The molecule has 2 nitrogen and oxygen atoms in total. The molecule has 1 aromatic rings. The van der Waals surface area contributed by atoms with Crippen LogP contribution in [-0.4, -0.2) is 17.0 Å². The van der Waals surface area contributed by atoms with Crippen LogP contribution in [0.1, 0.15) is 12.5 Å². The van der Waals surface area contributed by atoms with Crippen molar-refractivity contribution in [2.24, 2.45) is 4.99 Å². The number of halogens is 1. The summed E-state index contributed by atoms with van der Waals surface area (Å²) in [6, 6.07) is 6.69. The van der Waals surface area contributed by atoms with Gasteiger partial charge < -0.3 is 5.32 Å². The Hall–Kier alpha value is -0.480. The van der Waals surface area contributed by atoms with Gasteiger partial charge in [-0.3, -0.25) is 4.99 Å². The van der Waals surface area contributed by atoms with Gasteiger partial charge in [0.25, 0.3) is 0 Å². The van der Waals surface area contributed by atoms with E-state index in [2.05, 4.69) is 58.3 Å². The summed E-state index contributed by atoms with van der Waals surface area (Å²) in [6.45, 7) is 4.21. The molecule has 1 aromatic carbocycles. The third-order valence-electron chi connectivity index (χ3n) is 2.22. The van der Waals surface area contributed by atoms with Crippen molar-refractivity contribution >= 4 is 38.5 Å². The third-order valence-corrected chi connectivity index (χ3v) is 4.21. The Kier molecular flexibility index (Phi) is 3.36. The Bertz CT molecular complexity index is 404. The van der Waals surface area contributed by atoms with Crippen LogP contribution < -0.4 is 5.32 Å². The molecule has 1 heterocycles. The molecule has 0 saturated heterocycles. The first-order valence-electron chi connectivity index (χ1n) is 4.89. The number of rotatable bonds is 1. The molecular weight excluding hydrogens is 272 g/mol. The van der Waals surface area contributed by atoms with Gasteiger partial charge in [-0.2, -0.15) is 0 Å². The Labute approximate surface area is 103 Å². The zero-order valence-electron chi connectivity index (χ0n) is 8.75. The second kappa shape index (κ2) is 4.58. The molecule has 0 amide bonds. The number of aryl methyl sites for hydroxylation is 1. The lowest BCUT2D eigenvalue weighted by molar-refractivity contribution is 0.865. The fourth-order valence-corrected chi connectivity index (χ4v) is 2.63. The molecule has 1 atom stereocenters. The van der Waals surface area contributed by atoms with Gasteiger partial charge in [-0.05, 0) is 31.5 Å². The van der Waals surface area contributed by atoms with Crippen LogP contribution in [0.2, 0.25) is 0 Å². The molecule has 0 aromatic heterocycles. The normalized spacial score (nSPS) is 20.2. The van der Waals surface area contributed by atoms with Crippen LogP contribution >= 0.6 is 27.7 Å². The number of nitrogens with one attached hydrogen (secondary N) is 1. The van der Waals surface area contributed by atoms with Gasteiger partial charge in [-0.1, -0.05) is 33.8 Å². The van der Waals surface area contributed by atoms with Gasteiger partial charge in [-0.15, -0.1) is 0 Å². The lowest BCUT2D eigenvalue weighted by atomic mass is 10.2. The zero-order chi connectivity index (χ0) is 10.8. The van der Waals surface area contributed by atoms with Gasteiger partial charge in [0, 0.05) is 15.9 Å². The second-order valence-electron chi connectivity index (χ2n) is 3.68. The largest absolute Gasteiger partial charge is 0.335 e. The molecule has 1 aliphatic heterocycles. The van der Waals surface area contributed by atoms with Crippen LogP contribution in [0.25, 0.3) is 0 Å². The summed E-state index contributed by atoms with van der Waals surface area (Å²) in [5, 5.41) is 4.35. The fourth-order valence-electron chi connectivity index (χ4n) is 1.34. The number of anilines is 1. The Morgan fingerprint density at radius 3 is 2.93 bits per heavy atom. The van der Waals surface area contributed by atoms with Crippen molar-refractivity contribution in [3.63, 3.8) is 0 Å². The molecule has 0 radical (unpaired) electrons. The van der Waals surface area contributed by atoms with Gasteiger partial charge in [0.05, 0.1) is 6.04 Å². The number of benzene rings is 1. The fraction of sp³-hybridized carbons (Fsp3) is 0.364. The average molecular weight is 285 g/mol. The molecule has 4 heteroatoms. The van der Waals surface area contributed by atoms with E-state index in [0.29, 0.717) is 6.04 Å². The van der Waals surface area contributed by atoms with Gasteiger partial charge in [0.2, 0.25) is 0 Å². The summed E-state index contributed by atoms with van der Waals surface area (Å²) < 4.78 is 1.13. The van der Waals surface area contributed by atoms with Crippen molar-refractivity contribution < 1.29 is 0 Å². The first-order chi connectivity index (χ1) is 7.15. The lowest BCUT2D eigenvalue weighted by Gasteiger charge is -2.06. The molecule has 0 spiro atoms. The van der Waals surface area contributed by atoms with Crippen molar-refractivity contribution in [3.05, 3.63) is 28.2 Å². The lowest BCUT2D eigenvalue weighted by Crippen LogP contribution is -2.04. The highest BCUT2D eigenvalue weighted by Crippen LogP contribution is 2.24. The standard InChI is InChI=1S/C11H13BrN2S/c1-7-3-4-9(5-10(7)12)14-11-13-8(2)6-15-11/h3-5,8H,6H2,1-2H3,(H,13,14). The van der Waals surface area contributed by atoms with Crippen molar-refractivity contribution in [1.29, 1.82) is 0 Å². The van der Waals surface area contributed by atoms with Crippen molar-refractivity contribution in [1.82, 2.24) is 0 Å². The first kappa shape index (κ1) is 11.0. The summed E-state index contributed by atoms with van der Waals surface area (Å²) in [5.74, 6) is 1.08. The predicted molar refractivity (Wildman–Crippen MR) is 71.9 cm³/mol. The summed E-state index contributed by atoms with van der Waals surface area (Å²) >= 11 is 5.30. The molecule has 1 aliphatic rings. The summed E-state index contributed by atoms with van der Waals surface area (Å²) in [4.78, 5) is 4.49. The van der Waals surface area contributed by atoms with Gasteiger partial charge in [0.1, 0.15) is 0 Å². The highest BCUT2D eigenvalue weighted by Gasteiger charge is 2.13. The number of hydrogen-bond donors (Lipinski definition) is 1. The molecule has 0 aliphatic carbocycles. The number of hydrogen-bond acceptors (Lipinski definition) is 3. The average Bonchev–Trinajstić information content (AvgIpc) is 2.58. The molecule has 0 saturated carbocycles. The smallest absolute Gasteiger partial charge is 0.161 e. The van der Waals surface area contributed by atoms with Gasteiger partial charge in [0.15, 0.2) is 5.17 Å². The van der Waals surface area contributed by atoms with Crippen molar-refractivity contribution in [2.75, 3.05) is 11.1 Å². The van der Waals surface area contributed by atoms with Crippen LogP contribution in [0.4, 0.5) is 5.69 Å². The van der Waals surface area contributed by atoms with Crippen LogP contribution in [0.15, 0.2) is 27.7 Å². The summed E-state index contributed by atoms with van der Waals surface area (Å²) in [7, 11) is 0. The number of thioether (sulfide) groups is 1. The predicted octanol–water partition coefficient (Wildman–Crippen LogP) is 3.66. The second-order valence-corrected chi connectivity index (χ2v) is 5.55. The van der Waals surface area contributed by atoms with E-state index >= 15 is 0 Å². The van der Waals surface area contributed by atoms with E-state index in [1.807, 2.05) is 0 Å². The minimum absolute atomic E-state index is 0.436. The maximum atomic E-state index is 4.49. The van der Waals surface area contributed by atoms with Crippen LogP contribution in [0.3, 0.4) is 0 Å². The molecule has 15 heavy (non-hydrogen) atoms. The SMILES string of the molecule is Cc1ccc(NC2=NC(C)CS2)cc1Br. The highest BCUT2D eigenvalue weighted by molar-refractivity contribution is 9.10. The van der Waals surface area contributed by atoms with E-state index in [-0.39, 0.29) is 0 Å². The zero-order valence-corrected chi connectivity index (χ0v) is 11.2. The molecule has 0 fully saturated rings. The third kappa shape index (κ3) is 2.75. The van der Waals surface area contributed by atoms with E-state index < -0.39 is 0 Å². The molecule has 80 valence electrons. The van der Waals surface area contributed by atoms with E-state index in [9.17, 15) is 0 Å². The monoisotopic (exact) mass is 284 g/mol. The van der Waals surface area contributed by atoms with Crippen molar-refractivity contribution in [3.8, 4) is 0 Å². The maximum absolute atomic E-state index is 4.49. The van der Waals surface area contributed by atoms with Crippen LogP contribution in [0, 0.1) is 6.92 Å². The van der Waals surface area contributed by atoms with E-state index in [1.165, 1.54) is 5.56 Å². The van der Waals surface area contributed by atoms with Gasteiger partial charge >= 0.3 is 0 Å². The quantitative estimate of drug-likeness (QED) is 0.851. The Morgan fingerprint density at radius 2 is 2.33 bits per heavy atom. The minimum atomic E-state index is 0.436. The maximum Gasteiger partial charge on any atom is 0.161 e. The number of nitrogens with zero attached hydrogens (tertiary/aromatic N) is 1. The van der Waals surface area contributed by atoms with Crippen LogP contribution in [0.5, 0.6) is 0 Å².